The lowest BCUT2D eigenvalue weighted by atomic mass is 10.1. The molecule has 0 saturated heterocycles. The van der Waals surface area contributed by atoms with Gasteiger partial charge in [-0.15, -0.1) is 0 Å². The average molecular weight is 207 g/mol. The maximum absolute atomic E-state index is 9.71. The molecule has 2 aromatic rings. The van der Waals surface area contributed by atoms with Crippen LogP contribution in [0.5, 0.6) is 0 Å². The highest BCUT2D eigenvalue weighted by Crippen LogP contribution is 2.14. The first kappa shape index (κ1) is 10.0. The van der Waals surface area contributed by atoms with E-state index in [2.05, 4.69) is 15.1 Å². The van der Waals surface area contributed by atoms with Gasteiger partial charge in [-0.3, -0.25) is 0 Å². The fraction of sp³-hybridized carbons (Fsp3) is 0.444. The molecule has 0 saturated carbocycles. The van der Waals surface area contributed by atoms with E-state index < -0.39 is 6.10 Å². The smallest absolute Gasteiger partial charge is 0.252 e. The van der Waals surface area contributed by atoms with Gasteiger partial charge in [-0.05, 0) is 19.9 Å². The number of aliphatic hydroxyl groups is 1. The molecule has 0 aliphatic rings. The van der Waals surface area contributed by atoms with Gasteiger partial charge in [0.25, 0.3) is 5.78 Å². The van der Waals surface area contributed by atoms with Crippen LogP contribution in [0.25, 0.3) is 5.78 Å². The molecule has 0 radical (unpaired) electrons. The summed E-state index contributed by atoms with van der Waals surface area (Å²) in [4.78, 5) is 8.19. The van der Waals surface area contributed by atoms with Crippen molar-refractivity contribution in [1.29, 1.82) is 0 Å². The van der Waals surface area contributed by atoms with Gasteiger partial charge in [0.15, 0.2) is 0 Å². The Morgan fingerprint density at radius 2 is 2.40 bits per heavy atom. The molecule has 6 nitrogen and oxygen atoms in total. The molecule has 2 rings (SSSR count). The van der Waals surface area contributed by atoms with Crippen molar-refractivity contribution in [3.63, 3.8) is 0 Å². The summed E-state index contributed by atoms with van der Waals surface area (Å²) in [5.41, 5.74) is 6.07. The fourth-order valence-electron chi connectivity index (χ4n) is 1.40. The van der Waals surface area contributed by atoms with E-state index in [9.17, 15) is 5.11 Å². The van der Waals surface area contributed by atoms with Crippen LogP contribution >= 0.6 is 0 Å². The first-order chi connectivity index (χ1) is 7.20. The largest absolute Gasteiger partial charge is 0.388 e. The predicted octanol–water partition coefficient (Wildman–Crippen LogP) is -0.185. The van der Waals surface area contributed by atoms with Crippen molar-refractivity contribution in [2.45, 2.75) is 19.4 Å². The highest BCUT2D eigenvalue weighted by Gasteiger charge is 2.09. The lowest BCUT2D eigenvalue weighted by Gasteiger charge is -2.08. The van der Waals surface area contributed by atoms with Gasteiger partial charge in [0.2, 0.25) is 0 Å². The van der Waals surface area contributed by atoms with Crippen LogP contribution in [-0.4, -0.2) is 31.2 Å². The van der Waals surface area contributed by atoms with E-state index in [1.807, 2.05) is 0 Å². The Balaban J connectivity index is 2.37. The summed E-state index contributed by atoms with van der Waals surface area (Å²) in [6.45, 7) is 2.24. The van der Waals surface area contributed by atoms with Crippen molar-refractivity contribution in [2.75, 3.05) is 6.54 Å². The second-order valence-electron chi connectivity index (χ2n) is 3.38. The third-order valence-corrected chi connectivity index (χ3v) is 2.14. The summed E-state index contributed by atoms with van der Waals surface area (Å²) in [5, 5.41) is 13.8. The molecule has 1 atom stereocenters. The monoisotopic (exact) mass is 207 g/mol. The Morgan fingerprint density at radius 1 is 1.60 bits per heavy atom. The van der Waals surface area contributed by atoms with E-state index in [1.165, 1.54) is 0 Å². The molecule has 80 valence electrons. The fourth-order valence-corrected chi connectivity index (χ4v) is 1.40. The van der Waals surface area contributed by atoms with Gasteiger partial charge in [-0.1, -0.05) is 0 Å². The van der Waals surface area contributed by atoms with Crippen LogP contribution in [0.2, 0.25) is 0 Å². The molecule has 1 unspecified atom stereocenters. The number of aromatic nitrogens is 4. The number of nitrogens with two attached hydrogens (primary N) is 1. The number of aryl methyl sites for hydroxylation is 1. The predicted molar refractivity (Wildman–Crippen MR) is 54.2 cm³/mol. The SMILES string of the molecule is Cc1nc2ncc(C(O)CCN)cn2n1. The van der Waals surface area contributed by atoms with Crippen molar-refractivity contribution < 1.29 is 5.11 Å². The van der Waals surface area contributed by atoms with E-state index in [1.54, 1.807) is 23.8 Å². The Labute approximate surface area is 86.8 Å². The Hall–Kier alpha value is -1.53. The molecule has 0 fully saturated rings. The zero-order valence-corrected chi connectivity index (χ0v) is 8.46. The Morgan fingerprint density at radius 3 is 3.13 bits per heavy atom. The minimum absolute atomic E-state index is 0.440. The summed E-state index contributed by atoms with van der Waals surface area (Å²) < 4.78 is 1.56. The number of rotatable bonds is 3. The topological polar surface area (TPSA) is 89.3 Å². The van der Waals surface area contributed by atoms with Crippen LogP contribution in [-0.2, 0) is 0 Å². The van der Waals surface area contributed by atoms with Crippen LogP contribution in [0.4, 0.5) is 0 Å². The molecule has 0 aliphatic carbocycles. The lowest BCUT2D eigenvalue weighted by molar-refractivity contribution is 0.169. The minimum Gasteiger partial charge on any atom is -0.388 e. The van der Waals surface area contributed by atoms with E-state index in [-0.39, 0.29) is 0 Å². The van der Waals surface area contributed by atoms with Gasteiger partial charge >= 0.3 is 0 Å². The second kappa shape index (κ2) is 3.92. The van der Waals surface area contributed by atoms with Gasteiger partial charge in [-0.25, -0.2) is 9.50 Å². The summed E-state index contributed by atoms with van der Waals surface area (Å²) in [6.07, 6.45) is 3.25. The van der Waals surface area contributed by atoms with Gasteiger partial charge < -0.3 is 10.8 Å². The van der Waals surface area contributed by atoms with Crippen molar-refractivity contribution in [2.24, 2.45) is 5.73 Å². The quantitative estimate of drug-likeness (QED) is 0.728. The third kappa shape index (κ3) is 1.95. The van der Waals surface area contributed by atoms with Crippen molar-refractivity contribution >= 4 is 5.78 Å². The normalized spacial score (nSPS) is 13.3. The van der Waals surface area contributed by atoms with E-state index in [0.29, 0.717) is 30.1 Å². The summed E-state index contributed by atoms with van der Waals surface area (Å²) in [5.74, 6) is 1.20. The van der Waals surface area contributed by atoms with Crippen molar-refractivity contribution in [3.05, 3.63) is 23.8 Å². The first-order valence-corrected chi connectivity index (χ1v) is 4.78. The molecule has 0 aliphatic heterocycles. The first-order valence-electron chi connectivity index (χ1n) is 4.78. The highest BCUT2D eigenvalue weighted by atomic mass is 16.3. The average Bonchev–Trinajstić information content (AvgIpc) is 2.57. The minimum atomic E-state index is -0.587. The van der Waals surface area contributed by atoms with Gasteiger partial charge in [0.1, 0.15) is 5.82 Å². The van der Waals surface area contributed by atoms with Crippen molar-refractivity contribution in [1.82, 2.24) is 19.6 Å². The van der Waals surface area contributed by atoms with E-state index >= 15 is 0 Å². The van der Waals surface area contributed by atoms with E-state index in [4.69, 9.17) is 5.73 Å². The van der Waals surface area contributed by atoms with Crippen LogP contribution in [0.15, 0.2) is 12.4 Å². The summed E-state index contributed by atoms with van der Waals surface area (Å²) >= 11 is 0. The van der Waals surface area contributed by atoms with Crippen molar-refractivity contribution in [3.8, 4) is 0 Å². The summed E-state index contributed by atoms with van der Waals surface area (Å²) in [6, 6.07) is 0. The Bertz CT molecular complexity index is 466. The highest BCUT2D eigenvalue weighted by molar-refractivity contribution is 5.28. The number of hydrogen-bond donors (Lipinski definition) is 2. The van der Waals surface area contributed by atoms with Gasteiger partial charge in [0, 0.05) is 18.0 Å². The molecule has 0 spiro atoms. The Kier molecular flexibility index (Phi) is 2.61. The zero-order valence-electron chi connectivity index (χ0n) is 8.46. The van der Waals surface area contributed by atoms with Gasteiger partial charge in [0.05, 0.1) is 6.10 Å². The standard InChI is InChI=1S/C9H13N5O/c1-6-12-9-11-4-7(5-14(9)13-6)8(15)2-3-10/h4-5,8,15H,2-3,10H2,1H3. The number of hydrogen-bond acceptors (Lipinski definition) is 5. The molecule has 2 aromatic heterocycles. The molecule has 6 heteroatoms. The molecule has 0 amide bonds. The third-order valence-electron chi connectivity index (χ3n) is 2.14. The van der Waals surface area contributed by atoms with Crippen LogP contribution in [0, 0.1) is 6.92 Å². The number of fused-ring (bicyclic) bond motifs is 1. The summed E-state index contributed by atoms with van der Waals surface area (Å²) in [7, 11) is 0. The van der Waals surface area contributed by atoms with Crippen LogP contribution < -0.4 is 5.73 Å². The molecule has 3 N–H and O–H groups in total. The molecule has 0 bridgehead atoms. The van der Waals surface area contributed by atoms with Crippen LogP contribution in [0.1, 0.15) is 23.9 Å². The second-order valence-corrected chi connectivity index (χ2v) is 3.38. The molecular formula is C9H13N5O. The lowest BCUT2D eigenvalue weighted by Crippen LogP contribution is -2.08. The molecular weight excluding hydrogens is 194 g/mol. The maximum atomic E-state index is 9.71. The maximum Gasteiger partial charge on any atom is 0.252 e. The number of nitrogens with zero attached hydrogens (tertiary/aromatic N) is 4. The number of aliphatic hydroxyl groups excluding tert-OH is 1. The molecule has 0 aromatic carbocycles. The van der Waals surface area contributed by atoms with E-state index in [0.717, 1.165) is 0 Å². The molecule has 2 heterocycles. The zero-order chi connectivity index (χ0) is 10.8. The van der Waals surface area contributed by atoms with Crippen LogP contribution in [0.3, 0.4) is 0 Å². The van der Waals surface area contributed by atoms with Gasteiger partial charge in [-0.2, -0.15) is 10.1 Å². The molecule has 15 heavy (non-hydrogen) atoms.